The number of carbonyl (C=O) groups excluding carboxylic acids is 2. The predicted octanol–water partition coefficient (Wildman–Crippen LogP) is 3.97. The number of primary amides is 1. The van der Waals surface area contributed by atoms with Gasteiger partial charge in [0.2, 0.25) is 0 Å². The van der Waals surface area contributed by atoms with E-state index in [-0.39, 0.29) is 24.5 Å². The lowest BCUT2D eigenvalue weighted by atomic mass is 10.1. The van der Waals surface area contributed by atoms with Crippen LogP contribution in [0.1, 0.15) is 73.9 Å². The number of alkyl carbamates (subject to hydrolysis) is 1. The zero-order chi connectivity index (χ0) is 23.5. The fraction of sp³-hybridized carbons (Fsp3) is 0.478. The van der Waals surface area contributed by atoms with Crippen molar-refractivity contribution >= 4 is 23.5 Å². The minimum Gasteiger partial charge on any atom is -0.444 e. The van der Waals surface area contributed by atoms with Crippen LogP contribution in [0.25, 0.3) is 0 Å². The van der Waals surface area contributed by atoms with Gasteiger partial charge in [0.15, 0.2) is 11.5 Å². The molecule has 0 spiro atoms. The summed E-state index contributed by atoms with van der Waals surface area (Å²) in [5.41, 5.74) is 7.58. The monoisotopic (exact) mass is 443 g/mol. The lowest BCUT2D eigenvalue weighted by Gasteiger charge is -2.19. The molecule has 1 aliphatic rings. The van der Waals surface area contributed by atoms with E-state index in [4.69, 9.17) is 10.5 Å². The van der Waals surface area contributed by atoms with Gasteiger partial charge in [-0.05, 0) is 70.2 Å². The van der Waals surface area contributed by atoms with Gasteiger partial charge in [0.1, 0.15) is 11.4 Å². The second-order valence-electron chi connectivity index (χ2n) is 8.85. The van der Waals surface area contributed by atoms with Crippen LogP contribution >= 0.6 is 0 Å². The molecular weight excluding hydrogens is 413 g/mol. The molecule has 0 atom stereocenters. The fourth-order valence-corrected chi connectivity index (χ4v) is 3.28. The first-order valence-corrected chi connectivity index (χ1v) is 10.8. The van der Waals surface area contributed by atoms with E-state index >= 15 is 0 Å². The van der Waals surface area contributed by atoms with Crippen LogP contribution in [0, 0.1) is 5.82 Å². The molecule has 1 heterocycles. The van der Waals surface area contributed by atoms with Gasteiger partial charge >= 0.3 is 6.09 Å². The minimum absolute atomic E-state index is 0.0590. The fourth-order valence-electron chi connectivity index (χ4n) is 3.28. The van der Waals surface area contributed by atoms with Gasteiger partial charge in [-0.15, -0.1) is 0 Å². The molecule has 0 bridgehead atoms. The van der Waals surface area contributed by atoms with Gasteiger partial charge < -0.3 is 21.1 Å². The number of aromatic nitrogens is 2. The lowest BCUT2D eigenvalue weighted by Crippen LogP contribution is -2.33. The number of halogens is 1. The first-order valence-electron chi connectivity index (χ1n) is 10.8. The van der Waals surface area contributed by atoms with E-state index < -0.39 is 23.4 Å². The summed E-state index contributed by atoms with van der Waals surface area (Å²) in [6, 6.07) is 4.49. The normalized spacial score (nSPS) is 13.5. The smallest absolute Gasteiger partial charge is 0.407 e. The highest BCUT2D eigenvalue weighted by Crippen LogP contribution is 2.41. The zero-order valence-corrected chi connectivity index (χ0v) is 18.9. The van der Waals surface area contributed by atoms with E-state index in [1.54, 1.807) is 32.9 Å². The van der Waals surface area contributed by atoms with Gasteiger partial charge in [-0.2, -0.15) is 0 Å². The number of amides is 2. The molecule has 1 aliphatic carbocycles. The third-order valence-corrected chi connectivity index (χ3v) is 4.90. The Kier molecular flexibility index (Phi) is 6.96. The summed E-state index contributed by atoms with van der Waals surface area (Å²) in [4.78, 5) is 32.9. The van der Waals surface area contributed by atoms with Crippen LogP contribution in [0.15, 0.2) is 18.2 Å². The Morgan fingerprint density at radius 3 is 2.56 bits per heavy atom. The van der Waals surface area contributed by atoms with Crippen molar-refractivity contribution in [3.8, 4) is 0 Å². The van der Waals surface area contributed by atoms with E-state index in [9.17, 15) is 14.0 Å². The summed E-state index contributed by atoms with van der Waals surface area (Å²) >= 11 is 0. The Morgan fingerprint density at radius 2 is 1.97 bits per heavy atom. The molecule has 8 nitrogen and oxygen atoms in total. The zero-order valence-electron chi connectivity index (χ0n) is 18.9. The molecule has 0 radical (unpaired) electrons. The second kappa shape index (κ2) is 9.50. The Balaban J connectivity index is 1.76. The van der Waals surface area contributed by atoms with Crippen LogP contribution in [-0.2, 0) is 17.6 Å². The van der Waals surface area contributed by atoms with Crippen molar-refractivity contribution < 1.29 is 18.7 Å². The number of carbonyl (C=O) groups is 2. The average Bonchev–Trinajstić information content (AvgIpc) is 3.53. The number of nitrogens with one attached hydrogen (secondary N) is 2. The molecule has 1 fully saturated rings. The highest BCUT2D eigenvalue weighted by molar-refractivity contribution is 5.96. The summed E-state index contributed by atoms with van der Waals surface area (Å²) < 4.78 is 19.5. The van der Waals surface area contributed by atoms with Crippen molar-refractivity contribution in [2.45, 2.75) is 64.9 Å². The SMILES string of the molecule is CCc1nc(C(N)=O)c(Nc2ccc(F)c(CCNC(=O)OC(C)(C)C)c2)nc1C1CC1. The number of nitrogens with zero attached hydrogens (tertiary/aromatic N) is 2. The maximum Gasteiger partial charge on any atom is 0.407 e. The Hall–Kier alpha value is -3.23. The summed E-state index contributed by atoms with van der Waals surface area (Å²) in [7, 11) is 0. The molecule has 0 unspecified atom stereocenters. The molecule has 0 saturated heterocycles. The molecular formula is C23H30FN5O3. The number of aryl methyl sites for hydroxylation is 1. The van der Waals surface area contributed by atoms with Gasteiger partial charge in [-0.3, -0.25) is 4.79 Å². The van der Waals surface area contributed by atoms with Gasteiger partial charge in [0.05, 0.1) is 11.4 Å². The molecule has 2 aromatic rings. The van der Waals surface area contributed by atoms with Gasteiger partial charge in [0, 0.05) is 18.2 Å². The summed E-state index contributed by atoms with van der Waals surface area (Å²) in [5.74, 6) is -0.465. The Bertz CT molecular complexity index is 1020. The maximum absolute atomic E-state index is 14.3. The second-order valence-corrected chi connectivity index (χ2v) is 8.85. The number of anilines is 2. The Morgan fingerprint density at radius 1 is 1.25 bits per heavy atom. The number of nitrogens with two attached hydrogens (primary N) is 1. The quantitative estimate of drug-likeness (QED) is 0.568. The molecule has 1 aromatic carbocycles. The Labute approximate surface area is 187 Å². The number of ether oxygens (including phenoxy) is 1. The predicted molar refractivity (Wildman–Crippen MR) is 120 cm³/mol. The lowest BCUT2D eigenvalue weighted by molar-refractivity contribution is 0.0528. The van der Waals surface area contributed by atoms with Crippen LogP contribution in [-0.4, -0.2) is 34.1 Å². The van der Waals surface area contributed by atoms with Gasteiger partial charge in [0.25, 0.3) is 5.91 Å². The molecule has 3 rings (SSSR count). The van der Waals surface area contributed by atoms with Crippen molar-refractivity contribution in [3.05, 3.63) is 46.7 Å². The minimum atomic E-state index is -0.680. The topological polar surface area (TPSA) is 119 Å². The van der Waals surface area contributed by atoms with Crippen molar-refractivity contribution in [2.75, 3.05) is 11.9 Å². The number of rotatable bonds is 8. The summed E-state index contributed by atoms with van der Waals surface area (Å²) in [6.45, 7) is 7.48. The first-order chi connectivity index (χ1) is 15.1. The van der Waals surface area contributed by atoms with Crippen LogP contribution in [0.4, 0.5) is 20.7 Å². The molecule has 1 aromatic heterocycles. The highest BCUT2D eigenvalue weighted by Gasteiger charge is 2.30. The number of hydrogen-bond donors (Lipinski definition) is 3. The standard InChI is InChI=1S/C23H30FN5O3/c1-5-17-18(13-6-7-13)29-21(19(28-17)20(25)30)27-15-8-9-16(24)14(12-15)10-11-26-22(31)32-23(2,3)4/h8-9,12-13H,5-7,10-11H2,1-4H3,(H2,25,30)(H,26,31)(H,27,29). The van der Waals surface area contributed by atoms with Crippen molar-refractivity contribution in [3.63, 3.8) is 0 Å². The van der Waals surface area contributed by atoms with Gasteiger partial charge in [-0.1, -0.05) is 6.92 Å². The first kappa shape index (κ1) is 23.4. The van der Waals surface area contributed by atoms with E-state index in [0.29, 0.717) is 23.6 Å². The largest absolute Gasteiger partial charge is 0.444 e. The molecule has 0 aliphatic heterocycles. The molecule has 1 saturated carbocycles. The molecule has 9 heteroatoms. The van der Waals surface area contributed by atoms with Crippen LogP contribution < -0.4 is 16.4 Å². The number of hydrogen-bond acceptors (Lipinski definition) is 6. The van der Waals surface area contributed by atoms with Crippen LogP contribution in [0.2, 0.25) is 0 Å². The third-order valence-electron chi connectivity index (χ3n) is 4.90. The maximum atomic E-state index is 14.3. The van der Waals surface area contributed by atoms with Crippen LogP contribution in [0.5, 0.6) is 0 Å². The van der Waals surface area contributed by atoms with Crippen molar-refractivity contribution in [2.24, 2.45) is 5.73 Å². The van der Waals surface area contributed by atoms with E-state index in [1.165, 1.54) is 6.07 Å². The van der Waals surface area contributed by atoms with E-state index in [2.05, 4.69) is 20.6 Å². The van der Waals surface area contributed by atoms with Crippen molar-refractivity contribution in [1.82, 2.24) is 15.3 Å². The molecule has 172 valence electrons. The summed E-state index contributed by atoms with van der Waals surface area (Å²) in [5, 5.41) is 5.69. The van der Waals surface area contributed by atoms with Crippen molar-refractivity contribution in [1.29, 1.82) is 0 Å². The molecule has 2 amide bonds. The summed E-state index contributed by atoms with van der Waals surface area (Å²) in [6.07, 6.45) is 2.45. The van der Waals surface area contributed by atoms with Gasteiger partial charge in [-0.25, -0.2) is 19.2 Å². The number of benzene rings is 1. The highest BCUT2D eigenvalue weighted by atomic mass is 19.1. The molecule has 32 heavy (non-hydrogen) atoms. The van der Waals surface area contributed by atoms with Crippen LogP contribution in [0.3, 0.4) is 0 Å². The van der Waals surface area contributed by atoms with E-state index in [0.717, 1.165) is 24.2 Å². The average molecular weight is 444 g/mol. The molecule has 4 N–H and O–H groups in total. The van der Waals surface area contributed by atoms with E-state index in [1.807, 2.05) is 6.92 Å². The third kappa shape index (κ3) is 6.15.